The molecule has 0 bridgehead atoms. The number of rotatable bonds is 7. The van der Waals surface area contributed by atoms with Gasteiger partial charge in [-0.05, 0) is 62.9 Å². The molecule has 2 aromatic carbocycles. The molecule has 0 saturated heterocycles. The summed E-state index contributed by atoms with van der Waals surface area (Å²) >= 11 is 0. The van der Waals surface area contributed by atoms with Crippen molar-refractivity contribution in [2.75, 3.05) is 20.3 Å². The minimum Gasteiger partial charge on any atom is -0.497 e. The van der Waals surface area contributed by atoms with Gasteiger partial charge < -0.3 is 19.5 Å². The SMILES string of the molecule is CCOC(=O)C1=C(C)NC2=C(C(=O)[C@@H](C(=O)OCC)[C@@H](c3ccc(OC)cc3)C2)[C@@H]1c1ccccc1C. The highest BCUT2D eigenvalue weighted by molar-refractivity contribution is 6.13. The van der Waals surface area contributed by atoms with Gasteiger partial charge in [0.25, 0.3) is 0 Å². The van der Waals surface area contributed by atoms with E-state index < -0.39 is 29.7 Å². The predicted octanol–water partition coefficient (Wildman–Crippen LogP) is 4.72. The minimum atomic E-state index is -1.04. The van der Waals surface area contributed by atoms with Crippen LogP contribution in [0.4, 0.5) is 0 Å². The molecule has 0 amide bonds. The minimum absolute atomic E-state index is 0.163. The molecule has 1 aliphatic heterocycles. The summed E-state index contributed by atoms with van der Waals surface area (Å²) in [6.45, 7) is 7.62. The van der Waals surface area contributed by atoms with E-state index in [4.69, 9.17) is 14.2 Å². The number of allylic oxidation sites excluding steroid dienone is 3. The van der Waals surface area contributed by atoms with Gasteiger partial charge in [-0.25, -0.2) is 4.79 Å². The summed E-state index contributed by atoms with van der Waals surface area (Å²) in [7, 11) is 1.59. The third-order valence-electron chi connectivity index (χ3n) is 7.10. The van der Waals surface area contributed by atoms with Crippen molar-refractivity contribution in [2.24, 2.45) is 5.92 Å². The zero-order valence-corrected chi connectivity index (χ0v) is 21.9. The van der Waals surface area contributed by atoms with Crippen LogP contribution >= 0.6 is 0 Å². The molecule has 1 N–H and O–H groups in total. The van der Waals surface area contributed by atoms with E-state index in [2.05, 4.69) is 5.32 Å². The van der Waals surface area contributed by atoms with Crippen molar-refractivity contribution >= 4 is 17.7 Å². The van der Waals surface area contributed by atoms with Crippen LogP contribution in [0.15, 0.2) is 71.1 Å². The lowest BCUT2D eigenvalue weighted by Gasteiger charge is -2.39. The first-order valence-corrected chi connectivity index (χ1v) is 12.6. The summed E-state index contributed by atoms with van der Waals surface area (Å²) in [6, 6.07) is 15.1. The monoisotopic (exact) mass is 503 g/mol. The Labute approximate surface area is 217 Å². The van der Waals surface area contributed by atoms with Crippen molar-refractivity contribution < 1.29 is 28.6 Å². The number of dihydropyridines is 1. The molecule has 2 aromatic rings. The molecule has 0 saturated carbocycles. The summed E-state index contributed by atoms with van der Waals surface area (Å²) in [5.74, 6) is -2.82. The first kappa shape index (κ1) is 26.2. The Morgan fingerprint density at radius 3 is 2.27 bits per heavy atom. The number of methoxy groups -OCH3 is 1. The molecule has 1 heterocycles. The highest BCUT2D eigenvalue weighted by Gasteiger charge is 2.49. The number of esters is 2. The molecule has 1 aliphatic carbocycles. The van der Waals surface area contributed by atoms with Gasteiger partial charge in [-0.3, -0.25) is 9.59 Å². The molecule has 37 heavy (non-hydrogen) atoms. The van der Waals surface area contributed by atoms with Crippen molar-refractivity contribution in [3.8, 4) is 5.75 Å². The maximum absolute atomic E-state index is 14.3. The van der Waals surface area contributed by atoms with Crippen LogP contribution in [0.2, 0.25) is 0 Å². The number of ether oxygens (including phenoxy) is 3. The van der Waals surface area contributed by atoms with Crippen LogP contribution in [0.25, 0.3) is 0 Å². The number of benzene rings is 2. The van der Waals surface area contributed by atoms with Crippen LogP contribution in [-0.4, -0.2) is 38.0 Å². The number of hydrogen-bond donors (Lipinski definition) is 1. The molecule has 4 rings (SSSR count). The van der Waals surface area contributed by atoms with E-state index in [1.165, 1.54) is 0 Å². The maximum Gasteiger partial charge on any atom is 0.336 e. The van der Waals surface area contributed by atoms with Gasteiger partial charge in [0.2, 0.25) is 0 Å². The summed E-state index contributed by atoms with van der Waals surface area (Å²) < 4.78 is 16.1. The second-order valence-corrected chi connectivity index (χ2v) is 9.24. The quantitative estimate of drug-likeness (QED) is 0.432. The van der Waals surface area contributed by atoms with E-state index in [0.717, 1.165) is 16.7 Å². The van der Waals surface area contributed by atoms with E-state index in [1.807, 2.05) is 62.4 Å². The van der Waals surface area contributed by atoms with Crippen LogP contribution in [0.5, 0.6) is 5.75 Å². The standard InChI is InChI=1S/C30H33NO6/c1-6-36-29(33)24-18(4)31-23-16-22(19-12-14-20(35-5)15-13-19)26(30(34)37-7-2)28(32)27(23)25(24)21-11-9-8-10-17(21)3/h8-15,22,25-26,31H,6-7,16H2,1-5H3/t22-,25-,26+/m1/s1. The van der Waals surface area contributed by atoms with E-state index in [1.54, 1.807) is 21.0 Å². The van der Waals surface area contributed by atoms with Gasteiger partial charge in [0.1, 0.15) is 11.7 Å². The topological polar surface area (TPSA) is 90.9 Å². The van der Waals surface area contributed by atoms with Gasteiger partial charge in [-0.2, -0.15) is 0 Å². The van der Waals surface area contributed by atoms with Gasteiger partial charge >= 0.3 is 11.9 Å². The molecule has 7 heteroatoms. The fourth-order valence-electron chi connectivity index (χ4n) is 5.40. The lowest BCUT2D eigenvalue weighted by atomic mass is 9.66. The van der Waals surface area contributed by atoms with Gasteiger partial charge in [0, 0.05) is 28.8 Å². The van der Waals surface area contributed by atoms with Crippen LogP contribution < -0.4 is 10.1 Å². The molecule has 3 atom stereocenters. The van der Waals surface area contributed by atoms with Gasteiger partial charge in [-0.1, -0.05) is 36.4 Å². The summed E-state index contributed by atoms with van der Waals surface area (Å²) in [5, 5.41) is 3.33. The summed E-state index contributed by atoms with van der Waals surface area (Å²) in [5.41, 5.74) is 4.77. The Bertz CT molecular complexity index is 1270. The van der Waals surface area contributed by atoms with Crippen molar-refractivity contribution in [1.29, 1.82) is 0 Å². The van der Waals surface area contributed by atoms with Crippen molar-refractivity contribution in [3.63, 3.8) is 0 Å². The Kier molecular flexibility index (Phi) is 7.81. The van der Waals surface area contributed by atoms with Crippen LogP contribution in [0.3, 0.4) is 0 Å². The lowest BCUT2D eigenvalue weighted by molar-refractivity contribution is -0.152. The first-order valence-electron chi connectivity index (χ1n) is 12.6. The molecule has 0 spiro atoms. The largest absolute Gasteiger partial charge is 0.497 e. The summed E-state index contributed by atoms with van der Waals surface area (Å²) in [4.78, 5) is 40.8. The number of carbonyl (C=O) groups excluding carboxylic acids is 3. The average molecular weight is 504 g/mol. The third kappa shape index (κ3) is 4.90. The molecule has 194 valence electrons. The Hall–Kier alpha value is -3.87. The highest BCUT2D eigenvalue weighted by atomic mass is 16.5. The number of nitrogens with one attached hydrogen (secondary N) is 1. The fraction of sp³-hybridized carbons (Fsp3) is 0.367. The number of ketones is 1. The van der Waals surface area contributed by atoms with Crippen molar-refractivity contribution in [1.82, 2.24) is 5.32 Å². The molecule has 0 radical (unpaired) electrons. The van der Waals surface area contributed by atoms with Crippen LogP contribution in [0.1, 0.15) is 55.7 Å². The predicted molar refractivity (Wildman–Crippen MR) is 139 cm³/mol. The molecule has 0 fully saturated rings. The lowest BCUT2D eigenvalue weighted by Crippen LogP contribution is -2.43. The normalized spacial score (nSPS) is 21.2. The van der Waals surface area contributed by atoms with Crippen molar-refractivity contribution in [2.45, 2.75) is 46.0 Å². The summed E-state index contributed by atoms with van der Waals surface area (Å²) in [6.07, 6.45) is 0.409. The number of hydrogen-bond acceptors (Lipinski definition) is 7. The van der Waals surface area contributed by atoms with Crippen molar-refractivity contribution in [3.05, 3.63) is 87.8 Å². The Morgan fingerprint density at radius 2 is 1.65 bits per heavy atom. The molecular weight excluding hydrogens is 470 g/mol. The maximum atomic E-state index is 14.3. The number of aryl methyl sites for hydroxylation is 1. The fourth-order valence-corrected chi connectivity index (χ4v) is 5.40. The number of carbonyl (C=O) groups is 3. The second kappa shape index (κ2) is 11.0. The third-order valence-corrected chi connectivity index (χ3v) is 7.10. The zero-order valence-electron chi connectivity index (χ0n) is 21.9. The Morgan fingerprint density at radius 1 is 0.973 bits per heavy atom. The van der Waals surface area contributed by atoms with E-state index in [0.29, 0.717) is 34.7 Å². The molecule has 0 aromatic heterocycles. The Balaban J connectivity index is 1.90. The van der Waals surface area contributed by atoms with E-state index in [9.17, 15) is 14.4 Å². The van der Waals surface area contributed by atoms with Gasteiger partial charge in [0.05, 0.1) is 25.9 Å². The van der Waals surface area contributed by atoms with Gasteiger partial charge in [0.15, 0.2) is 5.78 Å². The van der Waals surface area contributed by atoms with E-state index >= 15 is 0 Å². The second-order valence-electron chi connectivity index (χ2n) is 9.24. The molecular formula is C30H33NO6. The zero-order chi connectivity index (χ0) is 26.7. The smallest absolute Gasteiger partial charge is 0.336 e. The average Bonchev–Trinajstić information content (AvgIpc) is 2.88. The highest BCUT2D eigenvalue weighted by Crippen LogP contribution is 2.48. The molecule has 2 aliphatic rings. The van der Waals surface area contributed by atoms with Gasteiger partial charge in [-0.15, -0.1) is 0 Å². The first-order chi connectivity index (χ1) is 17.8. The molecule has 0 unspecified atom stereocenters. The molecule has 7 nitrogen and oxygen atoms in total. The van der Waals surface area contributed by atoms with Crippen LogP contribution in [0, 0.1) is 12.8 Å². The van der Waals surface area contributed by atoms with E-state index in [-0.39, 0.29) is 19.0 Å². The van der Waals surface area contributed by atoms with Crippen LogP contribution in [-0.2, 0) is 23.9 Å². The number of Topliss-reactive ketones (excluding diaryl/α,β-unsaturated/α-hetero) is 1.